The van der Waals surface area contributed by atoms with E-state index in [1.54, 1.807) is 6.07 Å². The Morgan fingerprint density at radius 3 is 2.67 bits per heavy atom. The molecule has 1 amide bonds. The van der Waals surface area contributed by atoms with Crippen LogP contribution in [0.3, 0.4) is 0 Å². The smallest absolute Gasteiger partial charge is 0.253 e. The molecule has 0 aliphatic carbocycles. The summed E-state index contributed by atoms with van der Waals surface area (Å²) >= 11 is 0. The third-order valence-electron chi connectivity index (χ3n) is 4.18. The number of nitrogens with one attached hydrogen (secondary N) is 1. The van der Waals surface area contributed by atoms with Crippen LogP contribution in [0.4, 0.5) is 0 Å². The lowest BCUT2D eigenvalue weighted by Crippen LogP contribution is -2.40. The fourth-order valence-electron chi connectivity index (χ4n) is 2.99. The van der Waals surface area contributed by atoms with Gasteiger partial charge in [0, 0.05) is 18.7 Å². The lowest BCUT2D eigenvalue weighted by atomic mass is 9.96. The quantitative estimate of drug-likeness (QED) is 0.917. The summed E-state index contributed by atoms with van der Waals surface area (Å²) in [5.74, 6) is 2.18. The second-order valence-corrected chi connectivity index (χ2v) is 5.65. The number of hydrogen-bond donors (Lipinski definition) is 1. The van der Waals surface area contributed by atoms with E-state index in [9.17, 15) is 4.79 Å². The summed E-state index contributed by atoms with van der Waals surface area (Å²) in [4.78, 5) is 14.5. The lowest BCUT2D eigenvalue weighted by molar-refractivity contribution is 0.0690. The number of rotatable bonds is 3. The Morgan fingerprint density at radius 2 is 1.95 bits per heavy atom. The highest BCUT2D eigenvalue weighted by Gasteiger charge is 2.24. The minimum absolute atomic E-state index is 0.0925. The van der Waals surface area contributed by atoms with Crippen LogP contribution in [-0.2, 0) is 0 Å². The van der Waals surface area contributed by atoms with Crippen LogP contribution in [0.15, 0.2) is 18.2 Å². The maximum Gasteiger partial charge on any atom is 0.253 e. The highest BCUT2D eigenvalue weighted by atomic mass is 16.6. The predicted octanol–water partition coefficient (Wildman–Crippen LogP) is 1.53. The van der Waals surface area contributed by atoms with Gasteiger partial charge >= 0.3 is 0 Å². The molecule has 1 aromatic rings. The van der Waals surface area contributed by atoms with Crippen LogP contribution in [0.25, 0.3) is 0 Å². The number of hydrogen-bond acceptors (Lipinski definition) is 4. The minimum atomic E-state index is 0.0925. The van der Waals surface area contributed by atoms with Crippen LogP contribution >= 0.6 is 0 Å². The zero-order valence-electron chi connectivity index (χ0n) is 12.4. The van der Waals surface area contributed by atoms with Gasteiger partial charge in [0.15, 0.2) is 11.5 Å². The molecule has 114 valence electrons. The van der Waals surface area contributed by atoms with Gasteiger partial charge in [-0.25, -0.2) is 0 Å². The molecule has 0 saturated carbocycles. The second-order valence-electron chi connectivity index (χ2n) is 5.65. The summed E-state index contributed by atoms with van der Waals surface area (Å²) in [6.07, 6.45) is 2.13. The summed E-state index contributed by atoms with van der Waals surface area (Å²) < 4.78 is 11.0. The van der Waals surface area contributed by atoms with E-state index in [4.69, 9.17) is 9.47 Å². The van der Waals surface area contributed by atoms with Gasteiger partial charge in [-0.3, -0.25) is 4.79 Å². The van der Waals surface area contributed by atoms with Crippen LogP contribution in [0.5, 0.6) is 11.5 Å². The maximum atomic E-state index is 12.6. The van der Waals surface area contributed by atoms with Gasteiger partial charge in [0.05, 0.1) is 0 Å². The number of carbonyl (C=O) groups is 1. The first-order valence-electron chi connectivity index (χ1n) is 7.61. The zero-order chi connectivity index (χ0) is 14.7. The van der Waals surface area contributed by atoms with Gasteiger partial charge in [-0.15, -0.1) is 0 Å². The summed E-state index contributed by atoms with van der Waals surface area (Å²) in [6, 6.07) is 5.46. The van der Waals surface area contributed by atoms with E-state index >= 15 is 0 Å². The van der Waals surface area contributed by atoms with E-state index in [-0.39, 0.29) is 5.91 Å². The number of ether oxygens (including phenoxy) is 2. The summed E-state index contributed by atoms with van der Waals surface area (Å²) in [5.41, 5.74) is 0.686. The van der Waals surface area contributed by atoms with Crippen molar-refractivity contribution in [2.24, 2.45) is 5.92 Å². The first-order valence-corrected chi connectivity index (χ1v) is 7.61. The molecule has 2 aliphatic heterocycles. The molecule has 2 aliphatic rings. The highest BCUT2D eigenvalue weighted by Crippen LogP contribution is 2.31. The van der Waals surface area contributed by atoms with Crippen molar-refractivity contribution in [1.82, 2.24) is 10.2 Å². The second kappa shape index (κ2) is 6.35. The molecule has 3 rings (SSSR count). The maximum absolute atomic E-state index is 12.6. The molecular weight excluding hydrogens is 268 g/mol. The van der Waals surface area contributed by atoms with Crippen LogP contribution in [0.1, 0.15) is 23.2 Å². The largest absolute Gasteiger partial charge is 0.486 e. The van der Waals surface area contributed by atoms with Crippen molar-refractivity contribution < 1.29 is 14.3 Å². The normalized spacial score (nSPS) is 18.6. The minimum Gasteiger partial charge on any atom is -0.486 e. The van der Waals surface area contributed by atoms with E-state index in [2.05, 4.69) is 5.32 Å². The average Bonchev–Trinajstić information content (AvgIpc) is 2.55. The van der Waals surface area contributed by atoms with Gasteiger partial charge < -0.3 is 19.7 Å². The van der Waals surface area contributed by atoms with Crippen LogP contribution in [0.2, 0.25) is 0 Å². The molecule has 0 aromatic heterocycles. The Morgan fingerprint density at radius 1 is 1.24 bits per heavy atom. The van der Waals surface area contributed by atoms with Gasteiger partial charge in [0.25, 0.3) is 5.91 Å². The Balaban J connectivity index is 1.66. The number of benzene rings is 1. The third-order valence-corrected chi connectivity index (χ3v) is 4.18. The van der Waals surface area contributed by atoms with Crippen molar-refractivity contribution in [3.05, 3.63) is 23.8 Å². The van der Waals surface area contributed by atoms with Crippen molar-refractivity contribution in [1.29, 1.82) is 0 Å². The average molecular weight is 290 g/mol. The number of carbonyl (C=O) groups excluding carboxylic acids is 1. The first kappa shape index (κ1) is 14.2. The Hall–Kier alpha value is -1.75. The van der Waals surface area contributed by atoms with E-state index in [0.29, 0.717) is 30.4 Å². The summed E-state index contributed by atoms with van der Waals surface area (Å²) in [5, 5.41) is 3.21. The third kappa shape index (κ3) is 3.13. The Kier molecular flexibility index (Phi) is 4.29. The molecule has 1 aromatic carbocycles. The van der Waals surface area contributed by atoms with Crippen LogP contribution < -0.4 is 14.8 Å². The first-order chi connectivity index (χ1) is 10.3. The van der Waals surface area contributed by atoms with Crippen molar-refractivity contribution in [2.45, 2.75) is 12.8 Å². The SMILES string of the molecule is CNCC1CCN(C(=O)c2ccc3c(c2)OCCO3)CC1. The van der Waals surface area contributed by atoms with Crippen molar-refractivity contribution in [3.63, 3.8) is 0 Å². The molecule has 2 heterocycles. The highest BCUT2D eigenvalue weighted by molar-refractivity contribution is 5.95. The molecular formula is C16H22N2O3. The number of piperidine rings is 1. The fourth-order valence-corrected chi connectivity index (χ4v) is 2.99. The zero-order valence-corrected chi connectivity index (χ0v) is 12.4. The molecule has 1 fully saturated rings. The monoisotopic (exact) mass is 290 g/mol. The molecule has 5 nitrogen and oxygen atoms in total. The van der Waals surface area contributed by atoms with Crippen molar-refractivity contribution in [2.75, 3.05) is 39.9 Å². The summed E-state index contributed by atoms with van der Waals surface area (Å²) in [7, 11) is 1.98. The molecule has 0 radical (unpaired) electrons. The van der Waals surface area contributed by atoms with Crippen molar-refractivity contribution in [3.8, 4) is 11.5 Å². The van der Waals surface area contributed by atoms with Gasteiger partial charge in [-0.05, 0) is 50.6 Å². The lowest BCUT2D eigenvalue weighted by Gasteiger charge is -2.32. The summed E-state index contributed by atoms with van der Waals surface area (Å²) in [6.45, 7) is 3.81. The fraction of sp³-hybridized carbons (Fsp3) is 0.562. The Labute approximate surface area is 125 Å². The number of fused-ring (bicyclic) bond motifs is 1. The van der Waals surface area contributed by atoms with E-state index in [0.717, 1.165) is 38.2 Å². The van der Waals surface area contributed by atoms with Crippen LogP contribution in [0, 0.1) is 5.92 Å². The Bertz CT molecular complexity index is 510. The van der Waals surface area contributed by atoms with Crippen LogP contribution in [-0.4, -0.2) is 50.7 Å². The van der Waals surface area contributed by atoms with Gasteiger partial charge in [-0.2, -0.15) is 0 Å². The van der Waals surface area contributed by atoms with Gasteiger partial charge in [0.1, 0.15) is 13.2 Å². The standard InChI is InChI=1S/C16H22N2O3/c1-17-11-12-4-6-18(7-5-12)16(19)13-2-3-14-15(10-13)21-9-8-20-14/h2-3,10,12,17H,4-9,11H2,1H3. The number of likely N-dealkylation sites (tertiary alicyclic amines) is 1. The molecule has 0 bridgehead atoms. The molecule has 1 saturated heterocycles. The molecule has 5 heteroatoms. The topological polar surface area (TPSA) is 50.8 Å². The molecule has 1 N–H and O–H groups in total. The number of nitrogens with zero attached hydrogens (tertiary/aromatic N) is 1. The molecule has 21 heavy (non-hydrogen) atoms. The van der Waals surface area contributed by atoms with Gasteiger partial charge in [0.2, 0.25) is 0 Å². The van der Waals surface area contributed by atoms with E-state index in [1.165, 1.54) is 0 Å². The predicted molar refractivity (Wildman–Crippen MR) is 80.0 cm³/mol. The number of amides is 1. The molecule has 0 unspecified atom stereocenters. The van der Waals surface area contributed by atoms with Crippen molar-refractivity contribution >= 4 is 5.91 Å². The molecule has 0 spiro atoms. The van der Waals surface area contributed by atoms with E-state index in [1.807, 2.05) is 24.1 Å². The molecule has 0 atom stereocenters. The van der Waals surface area contributed by atoms with E-state index < -0.39 is 0 Å². The van der Waals surface area contributed by atoms with Gasteiger partial charge in [-0.1, -0.05) is 0 Å².